The van der Waals surface area contributed by atoms with E-state index in [1.165, 1.54) is 61.5 Å². The monoisotopic (exact) mass is 436 g/mol. The van der Waals surface area contributed by atoms with E-state index in [1.807, 2.05) is 0 Å². The fourth-order valence-electron chi connectivity index (χ4n) is 4.91. The number of aryl methyl sites for hydroxylation is 7. The summed E-state index contributed by atoms with van der Waals surface area (Å²) in [5.41, 5.74) is 14.8. The summed E-state index contributed by atoms with van der Waals surface area (Å²) in [6.07, 6.45) is 6.41. The molecule has 2 heteroatoms. The van der Waals surface area contributed by atoms with Crippen LogP contribution in [0.4, 0.5) is 0 Å². The van der Waals surface area contributed by atoms with Crippen molar-refractivity contribution in [3.63, 3.8) is 0 Å². The van der Waals surface area contributed by atoms with Crippen LogP contribution in [0.15, 0.2) is 67.0 Å². The van der Waals surface area contributed by atoms with Gasteiger partial charge in [-0.3, -0.25) is 0 Å². The molecule has 0 fully saturated rings. The van der Waals surface area contributed by atoms with E-state index in [0.717, 1.165) is 12.8 Å². The Kier molecular flexibility index (Phi) is 6.47. The Morgan fingerprint density at radius 2 is 1.36 bits per heavy atom. The third-order valence-electron chi connectivity index (χ3n) is 6.96. The van der Waals surface area contributed by atoms with Gasteiger partial charge >= 0.3 is 0 Å². The summed E-state index contributed by atoms with van der Waals surface area (Å²) in [5.74, 6) is 0. The fraction of sp³-hybridized carbons (Fsp3) is 0.290. The molecule has 0 aliphatic carbocycles. The maximum Gasteiger partial charge on any atom is 0.212 e. The third kappa shape index (κ3) is 4.75. The van der Waals surface area contributed by atoms with Crippen molar-refractivity contribution < 1.29 is 9.13 Å². The van der Waals surface area contributed by atoms with E-state index in [0.29, 0.717) is 0 Å². The lowest BCUT2D eigenvalue weighted by molar-refractivity contribution is -0.660. The highest BCUT2D eigenvalue weighted by molar-refractivity contribution is 5.65. The van der Waals surface area contributed by atoms with Gasteiger partial charge < -0.3 is 0 Å². The molecule has 0 spiro atoms. The molecule has 0 bridgehead atoms. The van der Waals surface area contributed by atoms with Crippen LogP contribution in [0.1, 0.15) is 38.9 Å². The van der Waals surface area contributed by atoms with Gasteiger partial charge in [0.05, 0.1) is 0 Å². The maximum atomic E-state index is 2.40. The molecule has 4 rings (SSSR count). The first-order valence-electron chi connectivity index (χ1n) is 11.9. The Hall–Kier alpha value is -3.26. The van der Waals surface area contributed by atoms with Gasteiger partial charge in [0.25, 0.3) is 0 Å². The highest BCUT2D eigenvalue weighted by Gasteiger charge is 2.17. The van der Waals surface area contributed by atoms with Crippen molar-refractivity contribution in [2.45, 2.75) is 47.5 Å². The van der Waals surface area contributed by atoms with Crippen molar-refractivity contribution in [2.24, 2.45) is 14.1 Å². The number of nitrogens with zero attached hydrogens (tertiary/aromatic N) is 2. The molecule has 4 aromatic rings. The number of rotatable bonds is 5. The van der Waals surface area contributed by atoms with Crippen molar-refractivity contribution in [3.05, 3.63) is 106 Å². The number of aromatic nitrogens is 2. The Morgan fingerprint density at radius 3 is 2.09 bits per heavy atom. The van der Waals surface area contributed by atoms with Crippen LogP contribution in [0.2, 0.25) is 0 Å². The Morgan fingerprint density at radius 1 is 0.636 bits per heavy atom. The van der Waals surface area contributed by atoms with Gasteiger partial charge in [0.2, 0.25) is 11.4 Å². The molecule has 0 saturated carbocycles. The van der Waals surface area contributed by atoms with Crippen molar-refractivity contribution in [1.29, 1.82) is 0 Å². The fourth-order valence-corrected chi connectivity index (χ4v) is 4.91. The van der Waals surface area contributed by atoms with E-state index in [-0.39, 0.29) is 0 Å². The van der Waals surface area contributed by atoms with Crippen LogP contribution in [0.25, 0.3) is 22.5 Å². The second-order valence-corrected chi connectivity index (χ2v) is 9.58. The molecule has 0 atom stereocenters. The molecular formula is C31H36N2+2. The van der Waals surface area contributed by atoms with Crippen LogP contribution >= 0.6 is 0 Å². The molecule has 2 aromatic carbocycles. The second kappa shape index (κ2) is 9.31. The SMILES string of the molecule is Cc1cc(CCc2cc(C)c(C)c(-c3ccc(C)c[n+]3C)c2)c(C)c(-c2cccc[n+]2C)c1. The van der Waals surface area contributed by atoms with Crippen LogP contribution in [-0.2, 0) is 26.9 Å². The Balaban J connectivity index is 1.68. The Labute approximate surface area is 199 Å². The van der Waals surface area contributed by atoms with Crippen molar-refractivity contribution >= 4 is 0 Å². The minimum atomic E-state index is 1.04. The largest absolute Gasteiger partial charge is 0.212 e. The van der Waals surface area contributed by atoms with Crippen molar-refractivity contribution in [3.8, 4) is 22.5 Å². The summed E-state index contributed by atoms with van der Waals surface area (Å²) in [5, 5.41) is 0. The first-order valence-corrected chi connectivity index (χ1v) is 11.9. The zero-order valence-corrected chi connectivity index (χ0v) is 21.2. The van der Waals surface area contributed by atoms with Gasteiger partial charge in [-0.25, -0.2) is 9.13 Å². The normalized spacial score (nSPS) is 11.1. The second-order valence-electron chi connectivity index (χ2n) is 9.58. The van der Waals surface area contributed by atoms with E-state index < -0.39 is 0 Å². The highest BCUT2D eigenvalue weighted by atomic mass is 14.9. The number of pyridine rings is 2. The van der Waals surface area contributed by atoms with Crippen LogP contribution in [0.3, 0.4) is 0 Å². The zero-order chi connectivity index (χ0) is 23.7. The predicted molar refractivity (Wildman–Crippen MR) is 137 cm³/mol. The summed E-state index contributed by atoms with van der Waals surface area (Å²) in [6, 6.07) is 20.3. The van der Waals surface area contributed by atoms with Crippen LogP contribution in [0, 0.1) is 34.6 Å². The molecule has 0 unspecified atom stereocenters. The highest BCUT2D eigenvalue weighted by Crippen LogP contribution is 2.28. The average molecular weight is 437 g/mol. The standard InChI is InChI=1S/C31H36N2/c1-21-11-14-31(33(7)20-21)29-19-26(18-23(3)24(29)4)12-13-27-16-22(2)17-28(25(27)5)30-10-8-9-15-32(30)6/h8-11,14-20H,12-13H2,1-7H3/q+2. The summed E-state index contributed by atoms with van der Waals surface area (Å²) in [6.45, 7) is 11.1. The molecular weight excluding hydrogens is 400 g/mol. The van der Waals surface area contributed by atoms with Gasteiger partial charge in [-0.1, -0.05) is 12.1 Å². The smallest absolute Gasteiger partial charge is 0.201 e. The minimum absolute atomic E-state index is 1.04. The van der Waals surface area contributed by atoms with Gasteiger partial charge in [0.1, 0.15) is 14.1 Å². The van der Waals surface area contributed by atoms with E-state index in [2.05, 4.69) is 125 Å². The number of hydrogen-bond donors (Lipinski definition) is 0. The van der Waals surface area contributed by atoms with Crippen LogP contribution in [0.5, 0.6) is 0 Å². The van der Waals surface area contributed by atoms with Gasteiger partial charge in [-0.05, 0) is 105 Å². The molecule has 0 aliphatic heterocycles. The summed E-state index contributed by atoms with van der Waals surface area (Å²) in [4.78, 5) is 0. The van der Waals surface area contributed by atoms with Gasteiger partial charge in [-0.15, -0.1) is 0 Å². The number of benzene rings is 2. The third-order valence-corrected chi connectivity index (χ3v) is 6.96. The minimum Gasteiger partial charge on any atom is -0.201 e. The molecule has 0 amide bonds. The predicted octanol–water partition coefficient (Wildman–Crippen LogP) is 6.00. The molecule has 0 radical (unpaired) electrons. The zero-order valence-electron chi connectivity index (χ0n) is 21.2. The van der Waals surface area contributed by atoms with Crippen LogP contribution < -0.4 is 9.13 Å². The number of hydrogen-bond acceptors (Lipinski definition) is 0. The first-order chi connectivity index (χ1) is 15.7. The lowest BCUT2D eigenvalue weighted by atomic mass is 9.91. The van der Waals surface area contributed by atoms with E-state index >= 15 is 0 Å². The lowest BCUT2D eigenvalue weighted by Crippen LogP contribution is -2.31. The van der Waals surface area contributed by atoms with Gasteiger partial charge in [0, 0.05) is 34.9 Å². The van der Waals surface area contributed by atoms with Gasteiger partial charge in [0.15, 0.2) is 12.4 Å². The average Bonchev–Trinajstić information content (AvgIpc) is 2.77. The molecule has 0 saturated heterocycles. The first kappa shape index (κ1) is 22.9. The summed E-state index contributed by atoms with van der Waals surface area (Å²) < 4.78 is 4.46. The molecule has 168 valence electrons. The Bertz CT molecular complexity index is 1330. The van der Waals surface area contributed by atoms with Crippen LogP contribution in [-0.4, -0.2) is 0 Å². The molecule has 0 aliphatic rings. The van der Waals surface area contributed by atoms with Crippen molar-refractivity contribution in [1.82, 2.24) is 0 Å². The molecule has 2 heterocycles. The van der Waals surface area contributed by atoms with E-state index in [9.17, 15) is 0 Å². The van der Waals surface area contributed by atoms with E-state index in [4.69, 9.17) is 0 Å². The lowest BCUT2D eigenvalue weighted by Gasteiger charge is -2.14. The summed E-state index contributed by atoms with van der Waals surface area (Å²) >= 11 is 0. The molecule has 2 aromatic heterocycles. The van der Waals surface area contributed by atoms with E-state index in [1.54, 1.807) is 0 Å². The maximum absolute atomic E-state index is 2.40. The van der Waals surface area contributed by atoms with Crippen molar-refractivity contribution in [2.75, 3.05) is 0 Å². The summed E-state index contributed by atoms with van der Waals surface area (Å²) in [7, 11) is 4.27. The molecule has 33 heavy (non-hydrogen) atoms. The molecule has 2 nitrogen and oxygen atoms in total. The quantitative estimate of drug-likeness (QED) is 0.339. The molecule has 0 N–H and O–H groups in total. The topological polar surface area (TPSA) is 7.76 Å². The van der Waals surface area contributed by atoms with Gasteiger partial charge in [-0.2, -0.15) is 0 Å².